The van der Waals surface area contributed by atoms with E-state index >= 15 is 0 Å². The molecule has 0 amide bonds. The van der Waals surface area contributed by atoms with Crippen LogP contribution in [0.4, 0.5) is 0 Å². The minimum absolute atomic E-state index is 0.131. The van der Waals surface area contributed by atoms with Gasteiger partial charge in [0, 0.05) is 32.2 Å². The summed E-state index contributed by atoms with van der Waals surface area (Å²) in [4.78, 5) is 12.2. The molecule has 0 saturated carbocycles. The van der Waals surface area contributed by atoms with E-state index in [1.807, 2.05) is 0 Å². The Morgan fingerprint density at radius 1 is 1.07 bits per heavy atom. The van der Waals surface area contributed by atoms with Crippen molar-refractivity contribution in [2.24, 2.45) is 14.1 Å². The fourth-order valence-corrected chi connectivity index (χ4v) is 4.53. The number of rotatable bonds is 6. The molecular formula is C19H20ClN3O3S. The van der Waals surface area contributed by atoms with Gasteiger partial charge in [0.05, 0.1) is 15.9 Å². The summed E-state index contributed by atoms with van der Waals surface area (Å²) >= 11 is 5.90. The van der Waals surface area contributed by atoms with Gasteiger partial charge in [-0.15, -0.1) is 6.58 Å². The maximum Gasteiger partial charge on any atom is 0.328 e. The van der Waals surface area contributed by atoms with Crippen molar-refractivity contribution >= 4 is 32.7 Å². The van der Waals surface area contributed by atoms with Gasteiger partial charge in [0.15, 0.2) is 0 Å². The zero-order valence-electron chi connectivity index (χ0n) is 15.1. The Hall–Kier alpha value is -2.35. The second-order valence-electron chi connectivity index (χ2n) is 6.26. The topological polar surface area (TPSA) is 64.3 Å². The third-order valence-corrected chi connectivity index (χ3v) is 6.55. The molecule has 0 aliphatic heterocycles. The minimum Gasteiger partial charge on any atom is -0.295 e. The summed E-state index contributed by atoms with van der Waals surface area (Å²) < 4.78 is 30.7. The number of aromatic nitrogens is 2. The van der Waals surface area contributed by atoms with Crippen molar-refractivity contribution in [2.45, 2.75) is 11.4 Å². The highest BCUT2D eigenvalue weighted by Gasteiger charge is 2.25. The van der Waals surface area contributed by atoms with Crippen LogP contribution < -0.4 is 5.69 Å². The standard InChI is InChI=1S/C19H20ClN3O3S/c1-4-11-23(13-14-5-7-15(20)8-6-14)27(25,26)16-9-10-17-18(12-16)22(3)19(24)21(17)2/h4-10,12H,1,11,13H2,2-3H3. The van der Waals surface area contributed by atoms with Gasteiger partial charge in [0.25, 0.3) is 0 Å². The molecule has 0 radical (unpaired) electrons. The Balaban J connectivity index is 2.04. The molecule has 0 N–H and O–H groups in total. The SMILES string of the molecule is C=CCN(Cc1ccc(Cl)cc1)S(=O)(=O)c1ccc2c(c1)n(C)c(=O)n2C. The predicted molar refractivity (Wildman–Crippen MR) is 107 cm³/mol. The number of benzene rings is 2. The summed E-state index contributed by atoms with van der Waals surface area (Å²) in [6, 6.07) is 11.7. The zero-order chi connectivity index (χ0) is 19.8. The molecule has 1 aromatic heterocycles. The van der Waals surface area contributed by atoms with E-state index < -0.39 is 10.0 Å². The number of halogens is 1. The third kappa shape index (κ3) is 3.58. The summed E-state index contributed by atoms with van der Waals surface area (Å²) in [5.74, 6) is 0. The van der Waals surface area contributed by atoms with Crippen LogP contribution >= 0.6 is 11.6 Å². The molecule has 0 bridgehead atoms. The van der Waals surface area contributed by atoms with Crippen molar-refractivity contribution in [2.75, 3.05) is 6.54 Å². The summed E-state index contributed by atoms with van der Waals surface area (Å²) in [6.07, 6.45) is 1.55. The van der Waals surface area contributed by atoms with Crippen LogP contribution in [-0.2, 0) is 30.7 Å². The highest BCUT2D eigenvalue weighted by molar-refractivity contribution is 7.89. The Labute approximate surface area is 163 Å². The number of aryl methyl sites for hydroxylation is 2. The lowest BCUT2D eigenvalue weighted by atomic mass is 10.2. The summed E-state index contributed by atoms with van der Waals surface area (Å²) in [5, 5.41) is 0.590. The van der Waals surface area contributed by atoms with Gasteiger partial charge in [-0.25, -0.2) is 13.2 Å². The van der Waals surface area contributed by atoms with E-state index in [4.69, 9.17) is 11.6 Å². The molecule has 0 unspecified atom stereocenters. The van der Waals surface area contributed by atoms with Crippen LogP contribution in [0.25, 0.3) is 11.0 Å². The van der Waals surface area contributed by atoms with E-state index in [2.05, 4.69) is 6.58 Å². The largest absolute Gasteiger partial charge is 0.328 e. The number of imidazole rings is 1. The van der Waals surface area contributed by atoms with Crippen molar-refractivity contribution in [3.05, 3.63) is 76.2 Å². The second kappa shape index (κ2) is 7.34. The van der Waals surface area contributed by atoms with Crippen LogP contribution in [0.5, 0.6) is 0 Å². The lowest BCUT2D eigenvalue weighted by Crippen LogP contribution is -2.30. The maximum atomic E-state index is 13.2. The Bertz CT molecular complexity index is 1160. The Morgan fingerprint density at radius 2 is 1.70 bits per heavy atom. The molecule has 0 saturated heterocycles. The van der Waals surface area contributed by atoms with Crippen LogP contribution in [0, 0.1) is 0 Å². The Kier molecular flexibility index (Phi) is 5.28. The van der Waals surface area contributed by atoms with Gasteiger partial charge >= 0.3 is 5.69 Å². The zero-order valence-corrected chi connectivity index (χ0v) is 16.7. The van der Waals surface area contributed by atoms with Crippen LogP contribution in [-0.4, -0.2) is 28.4 Å². The first-order chi connectivity index (χ1) is 12.8. The van der Waals surface area contributed by atoms with Crippen LogP contribution in [0.1, 0.15) is 5.56 Å². The fourth-order valence-electron chi connectivity index (χ4n) is 2.98. The van der Waals surface area contributed by atoms with E-state index in [0.29, 0.717) is 16.1 Å². The quantitative estimate of drug-likeness (QED) is 0.592. The van der Waals surface area contributed by atoms with Crippen molar-refractivity contribution < 1.29 is 8.42 Å². The van der Waals surface area contributed by atoms with Gasteiger partial charge < -0.3 is 0 Å². The molecule has 0 spiro atoms. The van der Waals surface area contributed by atoms with Crippen molar-refractivity contribution in [1.29, 1.82) is 0 Å². The Morgan fingerprint density at radius 3 is 2.33 bits per heavy atom. The number of fused-ring (bicyclic) bond motifs is 1. The van der Waals surface area contributed by atoms with E-state index in [-0.39, 0.29) is 23.7 Å². The first-order valence-electron chi connectivity index (χ1n) is 8.26. The van der Waals surface area contributed by atoms with E-state index in [1.165, 1.54) is 25.6 Å². The molecule has 27 heavy (non-hydrogen) atoms. The molecule has 0 aliphatic rings. The lowest BCUT2D eigenvalue weighted by Gasteiger charge is -2.21. The highest BCUT2D eigenvalue weighted by atomic mass is 35.5. The van der Waals surface area contributed by atoms with Crippen LogP contribution in [0.2, 0.25) is 5.02 Å². The maximum absolute atomic E-state index is 13.2. The van der Waals surface area contributed by atoms with Gasteiger partial charge in [0.1, 0.15) is 0 Å². The molecule has 0 fully saturated rings. The van der Waals surface area contributed by atoms with Gasteiger partial charge in [-0.2, -0.15) is 4.31 Å². The normalized spacial score (nSPS) is 12.0. The second-order valence-corrected chi connectivity index (χ2v) is 8.64. The number of sulfonamides is 1. The molecular weight excluding hydrogens is 386 g/mol. The minimum atomic E-state index is -3.78. The lowest BCUT2D eigenvalue weighted by molar-refractivity contribution is 0.438. The van der Waals surface area contributed by atoms with E-state index in [0.717, 1.165) is 5.56 Å². The van der Waals surface area contributed by atoms with Gasteiger partial charge in [-0.1, -0.05) is 29.8 Å². The average Bonchev–Trinajstić information content (AvgIpc) is 2.87. The molecule has 142 valence electrons. The summed E-state index contributed by atoms with van der Waals surface area (Å²) in [5.41, 5.74) is 1.85. The molecule has 2 aromatic carbocycles. The highest BCUT2D eigenvalue weighted by Crippen LogP contribution is 2.23. The van der Waals surface area contributed by atoms with Gasteiger partial charge in [0.2, 0.25) is 10.0 Å². The number of hydrogen-bond acceptors (Lipinski definition) is 3. The molecule has 1 heterocycles. The summed E-state index contributed by atoms with van der Waals surface area (Å²) in [7, 11) is -0.501. The fraction of sp³-hybridized carbons (Fsp3) is 0.211. The summed E-state index contributed by atoms with van der Waals surface area (Å²) in [6.45, 7) is 4.02. The molecule has 0 atom stereocenters. The van der Waals surface area contributed by atoms with Crippen LogP contribution in [0.15, 0.2) is 64.8 Å². The molecule has 8 heteroatoms. The van der Waals surface area contributed by atoms with E-state index in [1.54, 1.807) is 50.5 Å². The first-order valence-corrected chi connectivity index (χ1v) is 10.1. The van der Waals surface area contributed by atoms with Crippen LogP contribution in [0.3, 0.4) is 0 Å². The third-order valence-electron chi connectivity index (χ3n) is 4.49. The van der Waals surface area contributed by atoms with Crippen molar-refractivity contribution in [3.8, 4) is 0 Å². The smallest absolute Gasteiger partial charge is 0.295 e. The molecule has 6 nitrogen and oxygen atoms in total. The van der Waals surface area contributed by atoms with Crippen molar-refractivity contribution in [1.82, 2.24) is 13.4 Å². The van der Waals surface area contributed by atoms with Gasteiger partial charge in [-0.3, -0.25) is 9.13 Å². The molecule has 3 aromatic rings. The number of nitrogens with zero attached hydrogens (tertiary/aromatic N) is 3. The van der Waals surface area contributed by atoms with E-state index in [9.17, 15) is 13.2 Å². The molecule has 0 aliphatic carbocycles. The van der Waals surface area contributed by atoms with Crippen molar-refractivity contribution in [3.63, 3.8) is 0 Å². The average molecular weight is 406 g/mol. The first kappa shape index (κ1) is 19.4. The number of hydrogen-bond donors (Lipinski definition) is 0. The van der Waals surface area contributed by atoms with Gasteiger partial charge in [-0.05, 0) is 35.9 Å². The molecule has 3 rings (SSSR count). The monoisotopic (exact) mass is 405 g/mol. The predicted octanol–water partition coefficient (Wildman–Crippen LogP) is 2.91.